The Morgan fingerprint density at radius 2 is 2.00 bits per heavy atom. The molecule has 0 radical (unpaired) electrons. The largest absolute Gasteiger partial charge is 0.495 e. The lowest BCUT2D eigenvalue weighted by atomic mass is 9.99. The molecule has 0 unspecified atom stereocenters. The van der Waals surface area contributed by atoms with E-state index >= 15 is 0 Å². The highest BCUT2D eigenvalue weighted by Crippen LogP contribution is 2.39. The van der Waals surface area contributed by atoms with Gasteiger partial charge in [0.2, 0.25) is 0 Å². The summed E-state index contributed by atoms with van der Waals surface area (Å²) in [6.45, 7) is 5.31. The summed E-state index contributed by atoms with van der Waals surface area (Å²) in [6.07, 6.45) is 4.72. The number of fused-ring (bicyclic) bond motifs is 2. The summed E-state index contributed by atoms with van der Waals surface area (Å²) in [6, 6.07) is 11.4. The van der Waals surface area contributed by atoms with Crippen molar-refractivity contribution in [2.24, 2.45) is 0 Å². The first-order chi connectivity index (χ1) is 14.9. The van der Waals surface area contributed by atoms with Crippen molar-refractivity contribution in [3.8, 4) is 11.5 Å². The number of hydrogen-bond acceptors (Lipinski definition) is 5. The molecule has 0 atom stereocenters. The maximum Gasteiger partial charge on any atom is 0.260 e. The molecule has 7 heteroatoms. The second-order valence-electron chi connectivity index (χ2n) is 7.99. The molecule has 1 N–H and O–H groups in total. The molecule has 0 fully saturated rings. The summed E-state index contributed by atoms with van der Waals surface area (Å²) in [7, 11) is 3.24. The lowest BCUT2D eigenvalue weighted by molar-refractivity contribution is 0.102. The predicted molar refractivity (Wildman–Crippen MR) is 121 cm³/mol. The Morgan fingerprint density at radius 3 is 2.77 bits per heavy atom. The summed E-state index contributed by atoms with van der Waals surface area (Å²) < 4.78 is 18.6. The van der Waals surface area contributed by atoms with Gasteiger partial charge < -0.3 is 19.5 Å². The number of amides is 1. The quantitative estimate of drug-likeness (QED) is 0.568. The summed E-state index contributed by atoms with van der Waals surface area (Å²) in [4.78, 5) is 13.2. The van der Waals surface area contributed by atoms with Gasteiger partial charge in [-0.15, -0.1) is 0 Å². The van der Waals surface area contributed by atoms with Gasteiger partial charge in [0.05, 0.1) is 23.8 Å². The third kappa shape index (κ3) is 4.14. The number of carbonyl (C=O) groups excluding carboxylic acids is 1. The van der Waals surface area contributed by atoms with Gasteiger partial charge >= 0.3 is 0 Å². The van der Waals surface area contributed by atoms with E-state index in [0.717, 1.165) is 22.9 Å². The third-order valence-corrected chi connectivity index (χ3v) is 5.24. The molecule has 7 nitrogen and oxygen atoms in total. The fourth-order valence-electron chi connectivity index (χ4n) is 3.75. The molecule has 0 saturated heterocycles. The Bertz CT molecular complexity index is 1150. The Balaban J connectivity index is 1.66. The SMILES string of the molecule is COCCCn1nc(NC(=O)c2ccc3c(c2OC)C=CC(C)(C)O3)c2ccccc21. The van der Waals surface area contributed by atoms with Crippen LogP contribution in [0.15, 0.2) is 42.5 Å². The maximum atomic E-state index is 13.2. The number of nitrogens with zero attached hydrogens (tertiary/aromatic N) is 2. The first-order valence-electron chi connectivity index (χ1n) is 10.3. The van der Waals surface area contributed by atoms with E-state index in [1.807, 2.05) is 54.9 Å². The Kier molecular flexibility index (Phi) is 5.69. The molecule has 162 valence electrons. The molecule has 2 aromatic carbocycles. The van der Waals surface area contributed by atoms with Crippen LogP contribution >= 0.6 is 0 Å². The highest BCUT2D eigenvalue weighted by atomic mass is 16.5. The summed E-state index contributed by atoms with van der Waals surface area (Å²) >= 11 is 0. The number of para-hydroxylation sites is 1. The fraction of sp³-hybridized carbons (Fsp3) is 0.333. The van der Waals surface area contributed by atoms with Crippen LogP contribution in [0.3, 0.4) is 0 Å². The van der Waals surface area contributed by atoms with E-state index in [9.17, 15) is 4.79 Å². The number of rotatable bonds is 7. The molecule has 0 spiro atoms. The normalized spacial score (nSPS) is 14.2. The number of aromatic nitrogens is 2. The Morgan fingerprint density at radius 1 is 1.19 bits per heavy atom. The number of carbonyl (C=O) groups is 1. The van der Waals surface area contributed by atoms with E-state index in [-0.39, 0.29) is 5.91 Å². The number of methoxy groups -OCH3 is 2. The zero-order valence-electron chi connectivity index (χ0n) is 18.3. The molecule has 0 aliphatic carbocycles. The van der Waals surface area contributed by atoms with Crippen LogP contribution in [-0.2, 0) is 11.3 Å². The van der Waals surface area contributed by atoms with E-state index in [1.54, 1.807) is 26.4 Å². The van der Waals surface area contributed by atoms with Gasteiger partial charge in [-0.05, 0) is 56.7 Å². The molecular weight excluding hydrogens is 394 g/mol. The van der Waals surface area contributed by atoms with Crippen LogP contribution in [0, 0.1) is 0 Å². The van der Waals surface area contributed by atoms with Crippen LogP contribution in [0.5, 0.6) is 11.5 Å². The van der Waals surface area contributed by atoms with Crippen molar-refractivity contribution in [2.45, 2.75) is 32.4 Å². The lowest BCUT2D eigenvalue weighted by Gasteiger charge is -2.29. The van der Waals surface area contributed by atoms with Gasteiger partial charge in [-0.25, -0.2) is 0 Å². The standard InChI is InChI=1S/C24H27N3O4/c1-24(2)13-12-17-20(31-24)11-10-18(21(17)30-4)23(28)25-22-16-8-5-6-9-19(16)27(26-22)14-7-15-29-3/h5-6,8-13H,7,14-15H2,1-4H3,(H,25,26,28). The highest BCUT2D eigenvalue weighted by molar-refractivity contribution is 6.10. The zero-order valence-corrected chi connectivity index (χ0v) is 18.3. The third-order valence-electron chi connectivity index (χ3n) is 5.24. The topological polar surface area (TPSA) is 74.6 Å². The molecule has 3 aromatic rings. The van der Waals surface area contributed by atoms with Crippen molar-refractivity contribution in [3.05, 3.63) is 53.6 Å². The van der Waals surface area contributed by atoms with Gasteiger partial charge in [-0.3, -0.25) is 9.48 Å². The van der Waals surface area contributed by atoms with Crippen molar-refractivity contribution in [2.75, 3.05) is 26.1 Å². The summed E-state index contributed by atoms with van der Waals surface area (Å²) in [5, 5.41) is 8.49. The van der Waals surface area contributed by atoms with Gasteiger partial charge in [0.15, 0.2) is 5.82 Å². The van der Waals surface area contributed by atoms with Crippen molar-refractivity contribution >= 4 is 28.7 Å². The van der Waals surface area contributed by atoms with Gasteiger partial charge in [0, 0.05) is 25.6 Å². The average molecular weight is 421 g/mol. The minimum absolute atomic E-state index is 0.287. The van der Waals surface area contributed by atoms with Crippen LogP contribution in [0.1, 0.15) is 36.2 Å². The summed E-state index contributed by atoms with van der Waals surface area (Å²) in [5.41, 5.74) is 1.73. The van der Waals surface area contributed by atoms with E-state index in [2.05, 4.69) is 10.4 Å². The van der Waals surface area contributed by atoms with E-state index < -0.39 is 5.60 Å². The van der Waals surface area contributed by atoms with Crippen LogP contribution in [0.4, 0.5) is 5.82 Å². The van der Waals surface area contributed by atoms with E-state index in [4.69, 9.17) is 14.2 Å². The fourth-order valence-corrected chi connectivity index (χ4v) is 3.75. The van der Waals surface area contributed by atoms with E-state index in [0.29, 0.717) is 36.0 Å². The molecule has 4 rings (SSSR count). The molecule has 0 saturated carbocycles. The molecular formula is C24H27N3O4. The Labute approximate surface area is 181 Å². The molecule has 2 heterocycles. The predicted octanol–water partition coefficient (Wildman–Crippen LogP) is 4.52. The lowest BCUT2D eigenvalue weighted by Crippen LogP contribution is -2.28. The van der Waals surface area contributed by atoms with Crippen LogP contribution in [-0.4, -0.2) is 42.1 Å². The molecule has 1 amide bonds. The van der Waals surface area contributed by atoms with Gasteiger partial charge in [0.25, 0.3) is 5.91 Å². The van der Waals surface area contributed by atoms with Crippen molar-refractivity contribution in [1.29, 1.82) is 0 Å². The van der Waals surface area contributed by atoms with Crippen molar-refractivity contribution in [3.63, 3.8) is 0 Å². The van der Waals surface area contributed by atoms with Gasteiger partial charge in [-0.1, -0.05) is 12.1 Å². The molecule has 1 aliphatic heterocycles. The van der Waals surface area contributed by atoms with Crippen molar-refractivity contribution in [1.82, 2.24) is 9.78 Å². The number of nitrogens with one attached hydrogen (secondary N) is 1. The first kappa shape index (κ1) is 20.9. The monoisotopic (exact) mass is 421 g/mol. The molecule has 31 heavy (non-hydrogen) atoms. The van der Waals surface area contributed by atoms with Crippen LogP contribution < -0.4 is 14.8 Å². The minimum atomic E-state index is -0.406. The molecule has 0 bridgehead atoms. The number of aryl methyl sites for hydroxylation is 1. The van der Waals surface area contributed by atoms with Crippen LogP contribution in [0.2, 0.25) is 0 Å². The average Bonchev–Trinajstić information content (AvgIpc) is 3.09. The Hall–Kier alpha value is -3.32. The number of anilines is 1. The van der Waals surface area contributed by atoms with E-state index in [1.165, 1.54) is 0 Å². The second-order valence-corrected chi connectivity index (χ2v) is 7.99. The van der Waals surface area contributed by atoms with Gasteiger partial charge in [-0.2, -0.15) is 5.10 Å². The highest BCUT2D eigenvalue weighted by Gasteiger charge is 2.27. The molecule has 1 aromatic heterocycles. The molecule has 1 aliphatic rings. The maximum absolute atomic E-state index is 13.2. The number of ether oxygens (including phenoxy) is 3. The minimum Gasteiger partial charge on any atom is -0.495 e. The first-order valence-corrected chi connectivity index (χ1v) is 10.3. The van der Waals surface area contributed by atoms with Gasteiger partial charge in [0.1, 0.15) is 17.1 Å². The zero-order chi connectivity index (χ0) is 22.0. The van der Waals surface area contributed by atoms with Crippen molar-refractivity contribution < 1.29 is 19.0 Å². The number of hydrogen-bond donors (Lipinski definition) is 1. The van der Waals surface area contributed by atoms with Crippen LogP contribution in [0.25, 0.3) is 17.0 Å². The second kappa shape index (κ2) is 8.43. The number of benzene rings is 2. The smallest absolute Gasteiger partial charge is 0.260 e. The summed E-state index contributed by atoms with van der Waals surface area (Å²) in [5.74, 6) is 1.40.